The summed E-state index contributed by atoms with van der Waals surface area (Å²) >= 11 is 1.64. The Hall–Kier alpha value is -3.34. The third kappa shape index (κ3) is 5.77. The second-order valence-electron chi connectivity index (χ2n) is 7.99. The van der Waals surface area contributed by atoms with Crippen LogP contribution in [-0.2, 0) is 11.3 Å². The lowest BCUT2D eigenvalue weighted by atomic mass is 10.1. The number of carbonyl (C=O) groups excluding carboxylic acids is 1. The van der Waals surface area contributed by atoms with Gasteiger partial charge < -0.3 is 15.0 Å². The second kappa shape index (κ2) is 11.2. The molecule has 1 aliphatic heterocycles. The van der Waals surface area contributed by atoms with Crippen molar-refractivity contribution < 1.29 is 14.5 Å². The number of piperazine rings is 1. The molecule has 0 unspecified atom stereocenters. The number of amides is 1. The number of hydrogen-bond acceptors (Lipinski definition) is 8. The number of nitro benzene ring substituents is 1. The summed E-state index contributed by atoms with van der Waals surface area (Å²) in [6, 6.07) is 14.7. The fourth-order valence-electron chi connectivity index (χ4n) is 3.87. The molecular formula is C24H27N5O4S. The normalized spacial score (nSPS) is 14.2. The van der Waals surface area contributed by atoms with Crippen LogP contribution in [0.1, 0.15) is 16.1 Å². The molecule has 1 amide bonds. The SMILES string of the molecule is COCCNc1ccc(C(=O)N2CCN(Cc3csc(-c4ccccc4)n3)CC2)cc1[N+](=O)[O-]. The van der Waals surface area contributed by atoms with E-state index >= 15 is 0 Å². The summed E-state index contributed by atoms with van der Waals surface area (Å²) in [6.07, 6.45) is 0. The van der Waals surface area contributed by atoms with Crippen LogP contribution in [0.25, 0.3) is 10.6 Å². The maximum atomic E-state index is 13.0. The van der Waals surface area contributed by atoms with Crippen molar-refractivity contribution in [3.8, 4) is 10.6 Å². The van der Waals surface area contributed by atoms with Crippen molar-refractivity contribution in [1.29, 1.82) is 0 Å². The Labute approximate surface area is 202 Å². The average molecular weight is 482 g/mol. The molecule has 4 rings (SSSR count). The number of benzene rings is 2. The number of aromatic nitrogens is 1. The largest absolute Gasteiger partial charge is 0.383 e. The van der Waals surface area contributed by atoms with Crippen LogP contribution in [-0.4, -0.2) is 72.1 Å². The molecule has 0 bridgehead atoms. The molecule has 1 fully saturated rings. The maximum Gasteiger partial charge on any atom is 0.293 e. The Balaban J connectivity index is 1.34. The van der Waals surface area contributed by atoms with Crippen LogP contribution in [0.2, 0.25) is 0 Å². The fourth-order valence-corrected chi connectivity index (χ4v) is 4.68. The first-order valence-electron chi connectivity index (χ1n) is 11.1. The quantitative estimate of drug-likeness (QED) is 0.282. The molecule has 0 radical (unpaired) electrons. The Kier molecular flexibility index (Phi) is 7.84. The summed E-state index contributed by atoms with van der Waals surface area (Å²) in [5, 5.41) is 17.6. The van der Waals surface area contributed by atoms with Gasteiger partial charge in [0.1, 0.15) is 10.7 Å². The average Bonchev–Trinajstić information content (AvgIpc) is 3.33. The van der Waals surface area contributed by atoms with Gasteiger partial charge in [0, 0.05) is 69.0 Å². The van der Waals surface area contributed by atoms with E-state index < -0.39 is 4.92 Å². The van der Waals surface area contributed by atoms with E-state index in [0.717, 1.165) is 35.9 Å². The first-order valence-corrected chi connectivity index (χ1v) is 12.0. The smallest absolute Gasteiger partial charge is 0.293 e. The molecule has 34 heavy (non-hydrogen) atoms. The molecule has 1 aromatic heterocycles. The van der Waals surface area contributed by atoms with Gasteiger partial charge in [0.05, 0.1) is 17.2 Å². The van der Waals surface area contributed by atoms with Crippen LogP contribution in [0.5, 0.6) is 0 Å². The van der Waals surface area contributed by atoms with Gasteiger partial charge in [0.2, 0.25) is 0 Å². The molecule has 178 valence electrons. The Bertz CT molecular complexity index is 1130. The minimum absolute atomic E-state index is 0.113. The van der Waals surface area contributed by atoms with Crippen LogP contribution in [0.15, 0.2) is 53.9 Å². The third-order valence-electron chi connectivity index (χ3n) is 5.68. The van der Waals surface area contributed by atoms with Gasteiger partial charge in [0.25, 0.3) is 11.6 Å². The van der Waals surface area contributed by atoms with Gasteiger partial charge in [-0.1, -0.05) is 30.3 Å². The van der Waals surface area contributed by atoms with E-state index in [2.05, 4.69) is 27.7 Å². The first kappa shape index (κ1) is 23.8. The molecule has 0 aliphatic carbocycles. The number of carbonyl (C=O) groups is 1. The predicted octanol–water partition coefficient (Wildman–Crippen LogP) is 3.73. The van der Waals surface area contributed by atoms with Crippen molar-refractivity contribution in [2.24, 2.45) is 0 Å². The molecule has 1 saturated heterocycles. The van der Waals surface area contributed by atoms with Crippen molar-refractivity contribution in [1.82, 2.24) is 14.8 Å². The van der Waals surface area contributed by atoms with Gasteiger partial charge in [-0.2, -0.15) is 0 Å². The molecule has 1 aliphatic rings. The number of hydrogen-bond donors (Lipinski definition) is 1. The Morgan fingerprint density at radius 1 is 1.18 bits per heavy atom. The number of anilines is 1. The Morgan fingerprint density at radius 2 is 1.94 bits per heavy atom. The maximum absolute atomic E-state index is 13.0. The number of methoxy groups -OCH3 is 1. The van der Waals surface area contributed by atoms with Crippen molar-refractivity contribution >= 4 is 28.6 Å². The number of thiazole rings is 1. The summed E-state index contributed by atoms with van der Waals surface area (Å²) in [4.78, 5) is 32.8. The summed E-state index contributed by atoms with van der Waals surface area (Å²) in [7, 11) is 1.57. The standard InChI is InChI=1S/C24H27N5O4S/c1-33-14-9-25-21-8-7-19(15-22(21)29(31)32)24(30)28-12-10-27(11-13-28)16-20-17-34-23(26-20)18-5-3-2-4-6-18/h2-8,15,17,25H,9-14,16H2,1H3. The number of nitrogens with zero attached hydrogens (tertiary/aromatic N) is 4. The highest BCUT2D eigenvalue weighted by atomic mass is 32.1. The van der Waals surface area contributed by atoms with Crippen molar-refractivity contribution in [2.75, 3.05) is 51.8 Å². The van der Waals surface area contributed by atoms with Crippen LogP contribution in [0.3, 0.4) is 0 Å². The van der Waals surface area contributed by atoms with Gasteiger partial charge >= 0.3 is 0 Å². The minimum Gasteiger partial charge on any atom is -0.383 e. The van der Waals surface area contributed by atoms with E-state index in [9.17, 15) is 14.9 Å². The van der Waals surface area contributed by atoms with E-state index in [4.69, 9.17) is 9.72 Å². The zero-order valence-corrected chi connectivity index (χ0v) is 19.8. The second-order valence-corrected chi connectivity index (χ2v) is 8.85. The molecule has 1 N–H and O–H groups in total. The number of nitrogens with one attached hydrogen (secondary N) is 1. The van der Waals surface area contributed by atoms with Crippen LogP contribution < -0.4 is 5.32 Å². The zero-order valence-electron chi connectivity index (χ0n) is 19.0. The molecule has 2 aromatic carbocycles. The van der Waals surface area contributed by atoms with E-state index in [0.29, 0.717) is 37.5 Å². The van der Waals surface area contributed by atoms with Crippen molar-refractivity contribution in [3.05, 3.63) is 75.3 Å². The topological polar surface area (TPSA) is 101 Å². The summed E-state index contributed by atoms with van der Waals surface area (Å²) in [5.74, 6) is -0.189. The van der Waals surface area contributed by atoms with Gasteiger partial charge in [-0.15, -0.1) is 11.3 Å². The molecule has 3 aromatic rings. The zero-order chi connectivity index (χ0) is 23.9. The molecule has 0 spiro atoms. The van der Waals surface area contributed by atoms with E-state index in [1.165, 1.54) is 6.07 Å². The molecule has 0 saturated carbocycles. The van der Waals surface area contributed by atoms with Crippen LogP contribution in [0, 0.1) is 10.1 Å². The lowest BCUT2D eigenvalue weighted by molar-refractivity contribution is -0.384. The summed E-state index contributed by atoms with van der Waals surface area (Å²) in [6.45, 7) is 4.19. The summed E-state index contributed by atoms with van der Waals surface area (Å²) < 4.78 is 4.97. The van der Waals surface area contributed by atoms with Crippen LogP contribution >= 0.6 is 11.3 Å². The lowest BCUT2D eigenvalue weighted by Crippen LogP contribution is -2.48. The van der Waals surface area contributed by atoms with Gasteiger partial charge in [-0.3, -0.25) is 19.8 Å². The molecule has 9 nitrogen and oxygen atoms in total. The van der Waals surface area contributed by atoms with E-state index in [-0.39, 0.29) is 11.6 Å². The highest BCUT2D eigenvalue weighted by molar-refractivity contribution is 7.13. The van der Waals surface area contributed by atoms with Crippen molar-refractivity contribution in [3.63, 3.8) is 0 Å². The van der Waals surface area contributed by atoms with Gasteiger partial charge in [-0.05, 0) is 12.1 Å². The minimum atomic E-state index is -0.471. The first-order chi connectivity index (χ1) is 16.5. The third-order valence-corrected chi connectivity index (χ3v) is 6.62. The highest BCUT2D eigenvalue weighted by Gasteiger charge is 2.25. The number of nitro groups is 1. The fraction of sp³-hybridized carbons (Fsp3) is 0.333. The molecule has 0 atom stereocenters. The monoisotopic (exact) mass is 481 g/mol. The number of rotatable bonds is 9. The predicted molar refractivity (Wildman–Crippen MR) is 132 cm³/mol. The number of ether oxygens (including phenoxy) is 1. The highest BCUT2D eigenvalue weighted by Crippen LogP contribution is 2.27. The van der Waals surface area contributed by atoms with Gasteiger partial charge in [0.15, 0.2) is 0 Å². The van der Waals surface area contributed by atoms with Crippen LogP contribution in [0.4, 0.5) is 11.4 Å². The molecular weight excluding hydrogens is 454 g/mol. The molecule has 10 heteroatoms. The van der Waals surface area contributed by atoms with E-state index in [1.807, 2.05) is 18.2 Å². The van der Waals surface area contributed by atoms with Crippen molar-refractivity contribution in [2.45, 2.75) is 6.54 Å². The lowest BCUT2D eigenvalue weighted by Gasteiger charge is -2.34. The van der Waals surface area contributed by atoms with Gasteiger partial charge in [-0.25, -0.2) is 4.98 Å². The van der Waals surface area contributed by atoms with E-state index in [1.54, 1.807) is 35.5 Å². The summed E-state index contributed by atoms with van der Waals surface area (Å²) in [5.41, 5.74) is 2.73. The molecule has 2 heterocycles. The Morgan fingerprint density at radius 3 is 2.65 bits per heavy atom.